The summed E-state index contributed by atoms with van der Waals surface area (Å²) in [6.45, 7) is 1.21. The second-order valence-corrected chi connectivity index (χ2v) is 5.72. The summed E-state index contributed by atoms with van der Waals surface area (Å²) in [5.74, 6) is -4.84. The molecule has 1 rings (SSSR count). The van der Waals surface area contributed by atoms with Crippen LogP contribution < -0.4 is 4.72 Å². The minimum atomic E-state index is -4.46. The number of nitrogens with one attached hydrogen (secondary N) is 1. The van der Waals surface area contributed by atoms with E-state index in [0.29, 0.717) is 12.1 Å². The molecule has 3 N–H and O–H groups in total. The molecule has 6 nitrogen and oxygen atoms in total. The third-order valence-corrected chi connectivity index (χ3v) is 3.93. The number of aromatic carboxylic acids is 1. The van der Waals surface area contributed by atoms with Gasteiger partial charge in [0.1, 0.15) is 4.90 Å². The van der Waals surface area contributed by atoms with Crippen molar-refractivity contribution in [3.05, 3.63) is 29.3 Å². The highest BCUT2D eigenvalue weighted by atomic mass is 32.2. The van der Waals surface area contributed by atoms with Crippen molar-refractivity contribution in [1.82, 2.24) is 4.72 Å². The smallest absolute Gasteiger partial charge is 0.335 e. The summed E-state index contributed by atoms with van der Waals surface area (Å²) in [5, 5.41) is 17.9. The Kier molecular flexibility index (Phi) is 5.15. The van der Waals surface area contributed by atoms with E-state index < -0.39 is 50.7 Å². The van der Waals surface area contributed by atoms with Crippen LogP contribution in [0.15, 0.2) is 17.0 Å². The third-order valence-electron chi connectivity index (χ3n) is 2.51. The summed E-state index contributed by atoms with van der Waals surface area (Å²) in [4.78, 5) is 9.60. The molecule has 1 aromatic rings. The molecule has 0 heterocycles. The van der Waals surface area contributed by atoms with Crippen LogP contribution in [0, 0.1) is 11.6 Å². The van der Waals surface area contributed by atoms with Gasteiger partial charge in [-0.1, -0.05) is 6.92 Å². The Morgan fingerprint density at radius 1 is 1.40 bits per heavy atom. The predicted octanol–water partition coefficient (Wildman–Crippen LogP) is 0.712. The second-order valence-electron chi connectivity index (χ2n) is 3.99. The molecule has 0 aliphatic rings. The van der Waals surface area contributed by atoms with Crippen molar-refractivity contribution in [2.75, 3.05) is 6.54 Å². The Labute approximate surface area is 114 Å². The fourth-order valence-corrected chi connectivity index (χ4v) is 2.49. The molecule has 0 saturated heterocycles. The molecule has 0 aliphatic carbocycles. The lowest BCUT2D eigenvalue weighted by atomic mass is 10.2. The van der Waals surface area contributed by atoms with E-state index in [-0.39, 0.29) is 6.42 Å². The van der Waals surface area contributed by atoms with E-state index in [9.17, 15) is 27.1 Å². The first-order chi connectivity index (χ1) is 9.19. The number of carboxylic acids is 1. The van der Waals surface area contributed by atoms with Gasteiger partial charge in [0, 0.05) is 6.54 Å². The molecule has 1 unspecified atom stereocenters. The zero-order valence-corrected chi connectivity index (χ0v) is 11.2. The fraction of sp³-hybridized carbons (Fsp3) is 0.364. The third kappa shape index (κ3) is 3.71. The second kappa shape index (κ2) is 6.25. The van der Waals surface area contributed by atoms with Crippen molar-refractivity contribution < 1.29 is 32.2 Å². The first-order valence-electron chi connectivity index (χ1n) is 5.59. The average Bonchev–Trinajstić information content (AvgIpc) is 2.38. The number of hydrogen-bond acceptors (Lipinski definition) is 4. The van der Waals surface area contributed by atoms with E-state index >= 15 is 0 Å². The van der Waals surface area contributed by atoms with Crippen LogP contribution in [0.1, 0.15) is 23.7 Å². The van der Waals surface area contributed by atoms with Gasteiger partial charge in [0.05, 0.1) is 11.7 Å². The van der Waals surface area contributed by atoms with Gasteiger partial charge in [-0.2, -0.15) is 0 Å². The summed E-state index contributed by atoms with van der Waals surface area (Å²) in [5.41, 5.74) is -0.694. The standard InChI is InChI=1S/C11H13F2NO5S/c1-2-7(15)5-14-20(18,19)9-4-6(11(16)17)3-8(12)10(9)13/h3-4,7,14-15H,2,5H2,1H3,(H,16,17). The molecule has 112 valence electrons. The number of carbonyl (C=O) groups is 1. The number of aliphatic hydroxyl groups excluding tert-OH is 1. The van der Waals surface area contributed by atoms with Crippen molar-refractivity contribution in [3.63, 3.8) is 0 Å². The van der Waals surface area contributed by atoms with Crippen LogP contribution >= 0.6 is 0 Å². The van der Waals surface area contributed by atoms with Gasteiger partial charge < -0.3 is 10.2 Å². The highest BCUT2D eigenvalue weighted by molar-refractivity contribution is 7.89. The predicted molar refractivity (Wildman–Crippen MR) is 64.8 cm³/mol. The van der Waals surface area contributed by atoms with E-state index in [1.165, 1.54) is 0 Å². The van der Waals surface area contributed by atoms with Crippen LogP contribution in [0.5, 0.6) is 0 Å². The van der Waals surface area contributed by atoms with Crippen LogP contribution in [0.2, 0.25) is 0 Å². The molecule has 0 amide bonds. The molecule has 0 radical (unpaired) electrons. The Balaban J connectivity index is 3.20. The van der Waals surface area contributed by atoms with E-state index in [0.717, 1.165) is 0 Å². The lowest BCUT2D eigenvalue weighted by Gasteiger charge is -2.11. The summed E-state index contributed by atoms with van der Waals surface area (Å²) in [7, 11) is -4.46. The topological polar surface area (TPSA) is 104 Å². The van der Waals surface area contributed by atoms with Crippen LogP contribution in [-0.4, -0.2) is 37.2 Å². The Morgan fingerprint density at radius 2 is 2.00 bits per heavy atom. The zero-order chi connectivity index (χ0) is 15.5. The Bertz CT molecular complexity index is 617. The number of sulfonamides is 1. The molecule has 0 aliphatic heterocycles. The minimum Gasteiger partial charge on any atom is -0.478 e. The van der Waals surface area contributed by atoms with Crippen molar-refractivity contribution in [2.45, 2.75) is 24.3 Å². The highest BCUT2D eigenvalue weighted by Gasteiger charge is 2.25. The molecule has 0 saturated carbocycles. The number of rotatable bonds is 6. The summed E-state index contributed by atoms with van der Waals surface area (Å²) >= 11 is 0. The maximum Gasteiger partial charge on any atom is 0.335 e. The number of aliphatic hydroxyl groups is 1. The molecule has 0 spiro atoms. The quantitative estimate of drug-likeness (QED) is 0.718. The number of hydrogen-bond donors (Lipinski definition) is 3. The monoisotopic (exact) mass is 309 g/mol. The zero-order valence-electron chi connectivity index (χ0n) is 10.4. The molecule has 0 aromatic heterocycles. The lowest BCUT2D eigenvalue weighted by Crippen LogP contribution is -2.32. The molecule has 0 bridgehead atoms. The van der Waals surface area contributed by atoms with Crippen molar-refractivity contribution in [3.8, 4) is 0 Å². The van der Waals surface area contributed by atoms with E-state index in [4.69, 9.17) is 5.11 Å². The minimum absolute atomic E-state index is 0.258. The molecule has 20 heavy (non-hydrogen) atoms. The van der Waals surface area contributed by atoms with Crippen LogP contribution in [0.25, 0.3) is 0 Å². The van der Waals surface area contributed by atoms with Gasteiger partial charge in [0.2, 0.25) is 10.0 Å². The van der Waals surface area contributed by atoms with Crippen molar-refractivity contribution in [1.29, 1.82) is 0 Å². The highest BCUT2D eigenvalue weighted by Crippen LogP contribution is 2.20. The molecule has 1 aromatic carbocycles. The molecular formula is C11H13F2NO5S. The van der Waals surface area contributed by atoms with Gasteiger partial charge in [0.25, 0.3) is 0 Å². The average molecular weight is 309 g/mol. The maximum absolute atomic E-state index is 13.5. The van der Waals surface area contributed by atoms with E-state index in [2.05, 4.69) is 0 Å². The Morgan fingerprint density at radius 3 is 2.50 bits per heavy atom. The first-order valence-corrected chi connectivity index (χ1v) is 7.07. The van der Waals surface area contributed by atoms with Gasteiger partial charge in [-0.25, -0.2) is 26.7 Å². The number of halogens is 2. The first kappa shape index (κ1) is 16.5. The molecular weight excluding hydrogens is 296 g/mol. The van der Waals surface area contributed by atoms with Gasteiger partial charge in [-0.05, 0) is 18.6 Å². The Hall–Kier alpha value is -1.58. The largest absolute Gasteiger partial charge is 0.478 e. The summed E-state index contributed by atoms with van der Waals surface area (Å²) in [6, 6.07) is 0.902. The van der Waals surface area contributed by atoms with Gasteiger partial charge in [-0.3, -0.25) is 0 Å². The van der Waals surface area contributed by atoms with Crippen LogP contribution in [-0.2, 0) is 10.0 Å². The van der Waals surface area contributed by atoms with E-state index in [1.807, 2.05) is 4.72 Å². The normalized spacial score (nSPS) is 13.2. The number of carboxylic acid groups (broad SMARTS) is 1. The molecule has 1 atom stereocenters. The lowest BCUT2D eigenvalue weighted by molar-refractivity contribution is 0.0696. The van der Waals surface area contributed by atoms with Gasteiger partial charge >= 0.3 is 5.97 Å². The van der Waals surface area contributed by atoms with Gasteiger partial charge in [-0.15, -0.1) is 0 Å². The molecule has 0 fully saturated rings. The van der Waals surface area contributed by atoms with Crippen LogP contribution in [0.4, 0.5) is 8.78 Å². The van der Waals surface area contributed by atoms with E-state index in [1.54, 1.807) is 6.92 Å². The van der Waals surface area contributed by atoms with Crippen molar-refractivity contribution in [2.24, 2.45) is 0 Å². The SMILES string of the molecule is CCC(O)CNS(=O)(=O)c1cc(C(=O)O)cc(F)c1F. The molecule has 9 heteroatoms. The van der Waals surface area contributed by atoms with Gasteiger partial charge in [0.15, 0.2) is 11.6 Å². The number of benzene rings is 1. The van der Waals surface area contributed by atoms with Crippen molar-refractivity contribution >= 4 is 16.0 Å². The summed E-state index contributed by atoms with van der Waals surface area (Å²) < 4.78 is 52.2. The maximum atomic E-state index is 13.5. The summed E-state index contributed by atoms with van der Waals surface area (Å²) in [6.07, 6.45) is -0.727. The fourth-order valence-electron chi connectivity index (χ4n) is 1.31. The van der Waals surface area contributed by atoms with Crippen LogP contribution in [0.3, 0.4) is 0 Å².